The van der Waals surface area contributed by atoms with Gasteiger partial charge < -0.3 is 4.98 Å². The molecule has 0 aliphatic carbocycles. The van der Waals surface area contributed by atoms with E-state index in [-0.39, 0.29) is 11.8 Å². The number of aromatic amines is 1. The molecule has 7 heteroatoms. The van der Waals surface area contributed by atoms with Crippen molar-refractivity contribution in [3.63, 3.8) is 0 Å². The molecular weight excluding hydrogens is 453 g/mol. The van der Waals surface area contributed by atoms with E-state index >= 15 is 0 Å². The lowest BCUT2D eigenvalue weighted by Gasteiger charge is -2.42. The van der Waals surface area contributed by atoms with E-state index in [9.17, 15) is 13.6 Å². The van der Waals surface area contributed by atoms with Crippen LogP contribution in [0.4, 0.5) is 8.78 Å². The Hall–Kier alpha value is -2.21. The fourth-order valence-corrected chi connectivity index (χ4v) is 5.27. The summed E-state index contributed by atoms with van der Waals surface area (Å²) >= 11 is 13.4. The number of alkyl halides is 2. The van der Waals surface area contributed by atoms with Crippen LogP contribution in [0.15, 0.2) is 42.5 Å². The molecule has 1 aromatic heterocycles. The van der Waals surface area contributed by atoms with Crippen molar-refractivity contribution in [1.82, 2.24) is 9.88 Å². The van der Waals surface area contributed by atoms with Crippen molar-refractivity contribution in [3.8, 4) is 0 Å². The van der Waals surface area contributed by atoms with Gasteiger partial charge in [0.05, 0.1) is 12.6 Å². The summed E-state index contributed by atoms with van der Waals surface area (Å²) in [5, 5.41) is 1.82. The van der Waals surface area contributed by atoms with Crippen molar-refractivity contribution >= 4 is 46.0 Å². The molecular formula is C25H24Cl2F2N2O. The summed E-state index contributed by atoms with van der Waals surface area (Å²) < 4.78 is 28.5. The first-order valence-corrected chi connectivity index (χ1v) is 11.2. The van der Waals surface area contributed by atoms with Gasteiger partial charge in [-0.25, -0.2) is 8.78 Å². The Kier molecular flexibility index (Phi) is 6.19. The molecule has 0 spiro atoms. The summed E-state index contributed by atoms with van der Waals surface area (Å²) in [6.45, 7) is 3.91. The number of carbonyl (C=O) groups excluding carboxylic acids is 1. The van der Waals surface area contributed by atoms with Crippen LogP contribution in [-0.2, 0) is 11.2 Å². The second-order valence-electron chi connectivity index (χ2n) is 8.60. The van der Waals surface area contributed by atoms with Crippen molar-refractivity contribution in [2.45, 2.75) is 45.2 Å². The third-order valence-electron chi connectivity index (χ3n) is 5.86. The molecule has 1 N–H and O–H groups in total. The van der Waals surface area contributed by atoms with Crippen molar-refractivity contribution in [1.29, 1.82) is 0 Å². The standard InChI is InChI=1S/C25H24Cl2F2N2O/c1-14-10-18-17-6-4-5-7-21(17)30-23(18)24(31(14)13-25(3,28)29)22-19(26)11-16(12-20(22)27)9-8-15(2)32/h4-9,11-12,14,24,30H,10,13H2,1-3H3/b9-8+/t14-,24-/m1/s1. The van der Waals surface area contributed by atoms with Crippen LogP contribution in [0.2, 0.25) is 10.0 Å². The largest absolute Gasteiger partial charge is 0.357 e. The van der Waals surface area contributed by atoms with Crippen molar-refractivity contribution in [2.75, 3.05) is 6.54 Å². The summed E-state index contributed by atoms with van der Waals surface area (Å²) in [7, 11) is 0. The zero-order valence-corrected chi connectivity index (χ0v) is 19.6. The molecule has 0 fully saturated rings. The van der Waals surface area contributed by atoms with Crippen LogP contribution in [0.25, 0.3) is 17.0 Å². The smallest absolute Gasteiger partial charge is 0.257 e. The maximum atomic E-state index is 14.2. The maximum Gasteiger partial charge on any atom is 0.257 e. The number of halogens is 4. The molecule has 1 aliphatic heterocycles. The highest BCUT2D eigenvalue weighted by molar-refractivity contribution is 6.36. The van der Waals surface area contributed by atoms with Crippen LogP contribution in [0.5, 0.6) is 0 Å². The Morgan fingerprint density at radius 3 is 2.53 bits per heavy atom. The van der Waals surface area contributed by atoms with Crippen molar-refractivity contribution in [2.24, 2.45) is 0 Å². The number of allylic oxidation sites excluding steroid dienone is 1. The molecule has 1 aliphatic rings. The number of nitrogens with one attached hydrogen (secondary N) is 1. The van der Waals surface area contributed by atoms with Crippen LogP contribution in [0.1, 0.15) is 49.2 Å². The number of ketones is 1. The Labute approximate surface area is 196 Å². The SMILES string of the molecule is CC(=O)/C=C/c1cc(Cl)c([C@@H]2c3[nH]c4ccccc4c3C[C@@H](C)N2CC(C)(F)F)c(Cl)c1. The molecule has 4 rings (SSSR count). The number of rotatable bonds is 5. The number of H-pyrrole nitrogens is 1. The minimum atomic E-state index is -2.89. The number of nitrogens with zero attached hydrogens (tertiary/aromatic N) is 1. The van der Waals surface area contributed by atoms with Crippen LogP contribution >= 0.6 is 23.2 Å². The third kappa shape index (κ3) is 4.47. The molecule has 0 radical (unpaired) electrons. The highest BCUT2D eigenvalue weighted by Gasteiger charge is 2.41. The lowest BCUT2D eigenvalue weighted by molar-refractivity contribution is -0.112. The monoisotopic (exact) mass is 476 g/mol. The normalized spacial score (nSPS) is 19.6. The molecule has 0 bridgehead atoms. The Morgan fingerprint density at radius 1 is 1.25 bits per heavy atom. The van der Waals surface area contributed by atoms with Crippen LogP contribution < -0.4 is 0 Å². The molecule has 3 aromatic rings. The second kappa shape index (κ2) is 8.62. The highest BCUT2D eigenvalue weighted by atomic mass is 35.5. The van der Waals surface area contributed by atoms with Gasteiger partial charge in [0, 0.05) is 45.2 Å². The summed E-state index contributed by atoms with van der Waals surface area (Å²) in [5.41, 5.74) is 4.14. The van der Waals surface area contributed by atoms with E-state index in [0.29, 0.717) is 27.6 Å². The van der Waals surface area contributed by atoms with E-state index < -0.39 is 18.5 Å². The van der Waals surface area contributed by atoms with Gasteiger partial charge in [0.25, 0.3) is 5.92 Å². The first kappa shape index (κ1) is 23.0. The molecule has 168 valence electrons. The Morgan fingerprint density at radius 2 is 1.91 bits per heavy atom. The predicted molar refractivity (Wildman–Crippen MR) is 127 cm³/mol. The van der Waals surface area contributed by atoms with E-state index in [1.165, 1.54) is 13.0 Å². The van der Waals surface area contributed by atoms with Gasteiger partial charge in [0.2, 0.25) is 0 Å². The van der Waals surface area contributed by atoms with Gasteiger partial charge in [-0.05, 0) is 55.7 Å². The highest BCUT2D eigenvalue weighted by Crippen LogP contribution is 2.46. The van der Waals surface area contributed by atoms with Gasteiger partial charge in [0.1, 0.15) is 0 Å². The number of carbonyl (C=O) groups is 1. The fourth-order valence-electron chi connectivity index (χ4n) is 4.56. The van der Waals surface area contributed by atoms with E-state index in [4.69, 9.17) is 23.2 Å². The van der Waals surface area contributed by atoms with E-state index in [1.807, 2.05) is 31.2 Å². The van der Waals surface area contributed by atoms with E-state index in [0.717, 1.165) is 29.1 Å². The first-order chi connectivity index (χ1) is 15.0. The number of fused-ring (bicyclic) bond motifs is 3. The molecule has 0 saturated carbocycles. The fraction of sp³-hybridized carbons (Fsp3) is 0.320. The number of aromatic nitrogens is 1. The molecule has 0 unspecified atom stereocenters. The minimum Gasteiger partial charge on any atom is -0.357 e. The average Bonchev–Trinajstić information content (AvgIpc) is 3.05. The van der Waals surface area contributed by atoms with Crippen LogP contribution in [-0.4, -0.2) is 34.2 Å². The quantitative estimate of drug-likeness (QED) is 0.399. The zero-order valence-electron chi connectivity index (χ0n) is 18.1. The molecule has 3 nitrogen and oxygen atoms in total. The van der Waals surface area contributed by atoms with Crippen molar-refractivity contribution < 1.29 is 13.6 Å². The molecule has 0 saturated heterocycles. The first-order valence-electron chi connectivity index (χ1n) is 10.5. The number of hydrogen-bond donors (Lipinski definition) is 1. The lowest BCUT2D eigenvalue weighted by Crippen LogP contribution is -2.47. The summed E-state index contributed by atoms with van der Waals surface area (Å²) in [6.07, 6.45) is 3.71. The van der Waals surface area contributed by atoms with Gasteiger partial charge in [-0.1, -0.05) is 47.5 Å². The van der Waals surface area contributed by atoms with E-state index in [2.05, 4.69) is 4.98 Å². The van der Waals surface area contributed by atoms with Gasteiger partial charge in [-0.15, -0.1) is 0 Å². The topological polar surface area (TPSA) is 36.1 Å². The number of benzene rings is 2. The number of para-hydroxylation sites is 1. The average molecular weight is 477 g/mol. The van der Waals surface area contributed by atoms with Gasteiger partial charge in [-0.3, -0.25) is 9.69 Å². The zero-order chi connectivity index (χ0) is 23.2. The van der Waals surface area contributed by atoms with Crippen LogP contribution in [0.3, 0.4) is 0 Å². The molecule has 32 heavy (non-hydrogen) atoms. The summed E-state index contributed by atoms with van der Waals surface area (Å²) in [6, 6.07) is 10.7. The maximum absolute atomic E-state index is 14.2. The Balaban J connectivity index is 1.92. The summed E-state index contributed by atoms with van der Waals surface area (Å²) in [5.74, 6) is -2.99. The van der Waals surface area contributed by atoms with E-state index in [1.54, 1.807) is 23.1 Å². The van der Waals surface area contributed by atoms with Gasteiger partial charge in [0.15, 0.2) is 5.78 Å². The number of hydrogen-bond acceptors (Lipinski definition) is 2. The second-order valence-corrected chi connectivity index (χ2v) is 9.42. The molecule has 2 heterocycles. The van der Waals surface area contributed by atoms with Gasteiger partial charge >= 0.3 is 0 Å². The minimum absolute atomic E-state index is 0.0958. The Bertz CT molecular complexity index is 1190. The lowest BCUT2D eigenvalue weighted by atomic mass is 9.88. The molecule has 2 atom stereocenters. The molecule has 2 aromatic carbocycles. The predicted octanol–water partition coefficient (Wildman–Crippen LogP) is 7.07. The van der Waals surface area contributed by atoms with Crippen LogP contribution in [0, 0.1) is 0 Å². The van der Waals surface area contributed by atoms with Crippen molar-refractivity contribution in [3.05, 3.63) is 74.9 Å². The third-order valence-corrected chi connectivity index (χ3v) is 6.49. The molecule has 0 amide bonds. The van der Waals surface area contributed by atoms with Gasteiger partial charge in [-0.2, -0.15) is 0 Å². The summed E-state index contributed by atoms with van der Waals surface area (Å²) in [4.78, 5) is 16.5.